The molecule has 3 rings (SSSR count). The second-order valence-electron chi connectivity index (χ2n) is 9.61. The van der Waals surface area contributed by atoms with Crippen LogP contribution in [0.4, 0.5) is 0 Å². The number of aliphatic hydroxyl groups excluding tert-OH is 1. The summed E-state index contributed by atoms with van der Waals surface area (Å²) in [5.41, 5.74) is 1.15. The molecule has 1 saturated heterocycles. The molecule has 0 aromatic heterocycles. The van der Waals surface area contributed by atoms with E-state index in [1.165, 1.54) is 0 Å². The number of benzene rings is 2. The summed E-state index contributed by atoms with van der Waals surface area (Å²) in [6, 6.07) is 15.5. The van der Waals surface area contributed by atoms with Crippen LogP contribution in [0.1, 0.15) is 56.8 Å². The maximum atomic E-state index is 13.3. The number of hydrogen-bond donors (Lipinski definition) is 3. The predicted molar refractivity (Wildman–Crippen MR) is 135 cm³/mol. The van der Waals surface area contributed by atoms with Crippen molar-refractivity contribution in [1.29, 1.82) is 0 Å². The molecule has 7 nitrogen and oxygen atoms in total. The van der Waals surface area contributed by atoms with Crippen LogP contribution in [-0.2, 0) is 14.3 Å². The standard InChI is InChI=1S/C28H36N2O5/c1-4-5-14-23(27(34)30-24(15-19(2)3)25(32)28(17-31)18-35-28)29-26(33)22-13-9-12-21(16-22)20-10-7-6-8-11-20/h6-13,16,19,23-24,31H,4-5,14-15,17-18H2,1-3H3,(H,29,33)(H,30,34)/t23-,24-,28-/m0/s1. The van der Waals surface area contributed by atoms with Gasteiger partial charge in [0.1, 0.15) is 6.04 Å². The van der Waals surface area contributed by atoms with Gasteiger partial charge in [0.25, 0.3) is 5.91 Å². The van der Waals surface area contributed by atoms with Gasteiger partial charge in [0, 0.05) is 5.56 Å². The fourth-order valence-corrected chi connectivity index (χ4v) is 4.08. The summed E-state index contributed by atoms with van der Waals surface area (Å²) >= 11 is 0. The van der Waals surface area contributed by atoms with Gasteiger partial charge in [-0.25, -0.2) is 0 Å². The third-order valence-electron chi connectivity index (χ3n) is 6.24. The molecule has 1 aliphatic rings. The third kappa shape index (κ3) is 6.99. The van der Waals surface area contributed by atoms with E-state index in [2.05, 4.69) is 10.6 Å². The summed E-state index contributed by atoms with van der Waals surface area (Å²) in [6.07, 6.45) is 2.48. The molecule has 2 aromatic rings. The van der Waals surface area contributed by atoms with E-state index >= 15 is 0 Å². The van der Waals surface area contributed by atoms with E-state index in [1.54, 1.807) is 12.1 Å². The Kier molecular flexibility index (Phi) is 9.18. The molecule has 1 heterocycles. The smallest absolute Gasteiger partial charge is 0.251 e. The summed E-state index contributed by atoms with van der Waals surface area (Å²) in [4.78, 5) is 39.4. The van der Waals surface area contributed by atoms with Crippen molar-refractivity contribution in [3.63, 3.8) is 0 Å². The van der Waals surface area contributed by atoms with Crippen LogP contribution >= 0.6 is 0 Å². The van der Waals surface area contributed by atoms with Gasteiger partial charge in [-0.05, 0) is 42.0 Å². The average Bonchev–Trinajstić information content (AvgIpc) is 3.67. The molecule has 3 N–H and O–H groups in total. The monoisotopic (exact) mass is 480 g/mol. The van der Waals surface area contributed by atoms with Crippen molar-refractivity contribution in [2.45, 2.75) is 64.1 Å². The lowest BCUT2D eigenvalue weighted by atomic mass is 9.92. The van der Waals surface area contributed by atoms with Crippen molar-refractivity contribution in [2.75, 3.05) is 13.2 Å². The van der Waals surface area contributed by atoms with Crippen molar-refractivity contribution in [2.24, 2.45) is 5.92 Å². The summed E-state index contributed by atoms with van der Waals surface area (Å²) in [6.45, 7) is 5.68. The Labute approximate surface area is 207 Å². The van der Waals surface area contributed by atoms with Gasteiger partial charge in [-0.3, -0.25) is 14.4 Å². The van der Waals surface area contributed by atoms with Crippen LogP contribution in [0, 0.1) is 5.92 Å². The molecule has 0 unspecified atom stereocenters. The highest BCUT2D eigenvalue weighted by molar-refractivity contribution is 6.00. The summed E-state index contributed by atoms with van der Waals surface area (Å²) < 4.78 is 5.23. The van der Waals surface area contributed by atoms with Crippen LogP contribution in [0.5, 0.6) is 0 Å². The van der Waals surface area contributed by atoms with Gasteiger partial charge < -0.3 is 20.5 Å². The van der Waals surface area contributed by atoms with E-state index in [-0.39, 0.29) is 24.2 Å². The molecule has 0 spiro atoms. The lowest BCUT2D eigenvalue weighted by molar-refractivity contribution is -0.133. The molecule has 1 aliphatic heterocycles. The maximum Gasteiger partial charge on any atom is 0.251 e. The fraction of sp³-hybridized carbons (Fsp3) is 0.464. The highest BCUT2D eigenvalue weighted by atomic mass is 16.6. The van der Waals surface area contributed by atoms with Crippen molar-refractivity contribution < 1.29 is 24.2 Å². The molecule has 35 heavy (non-hydrogen) atoms. The Morgan fingerprint density at radius 2 is 1.69 bits per heavy atom. The number of aliphatic hydroxyl groups is 1. The SMILES string of the molecule is CCCC[C@H](NC(=O)c1cccc(-c2ccccc2)c1)C(=O)N[C@@H](CC(C)C)C(=O)[C@]1(CO)CO1. The van der Waals surface area contributed by atoms with Crippen LogP contribution in [0.25, 0.3) is 11.1 Å². The zero-order chi connectivity index (χ0) is 25.4. The summed E-state index contributed by atoms with van der Waals surface area (Å²) in [5, 5.41) is 15.3. The number of rotatable bonds is 13. The van der Waals surface area contributed by atoms with E-state index in [9.17, 15) is 19.5 Å². The summed E-state index contributed by atoms with van der Waals surface area (Å²) in [5.74, 6) is -0.928. The number of carbonyl (C=O) groups is 3. The van der Waals surface area contributed by atoms with Crippen molar-refractivity contribution >= 4 is 17.6 Å². The first-order valence-corrected chi connectivity index (χ1v) is 12.4. The van der Waals surface area contributed by atoms with Crippen molar-refractivity contribution in [3.8, 4) is 11.1 Å². The first-order chi connectivity index (χ1) is 16.8. The second-order valence-corrected chi connectivity index (χ2v) is 9.61. The summed E-state index contributed by atoms with van der Waals surface area (Å²) in [7, 11) is 0. The van der Waals surface area contributed by atoms with Crippen LogP contribution in [0.15, 0.2) is 54.6 Å². The molecule has 7 heteroatoms. The molecule has 1 fully saturated rings. The van der Waals surface area contributed by atoms with Gasteiger partial charge in [-0.1, -0.05) is 76.1 Å². The van der Waals surface area contributed by atoms with E-state index in [4.69, 9.17) is 4.74 Å². The van der Waals surface area contributed by atoms with E-state index in [0.717, 1.165) is 24.0 Å². The molecule has 2 aromatic carbocycles. The Bertz CT molecular complexity index is 1020. The molecule has 2 amide bonds. The minimum atomic E-state index is -1.22. The van der Waals surface area contributed by atoms with Crippen LogP contribution in [0.3, 0.4) is 0 Å². The quantitative estimate of drug-likeness (QED) is 0.380. The van der Waals surface area contributed by atoms with Gasteiger partial charge in [-0.15, -0.1) is 0 Å². The van der Waals surface area contributed by atoms with E-state index < -0.39 is 30.2 Å². The number of hydrogen-bond acceptors (Lipinski definition) is 5. The Hall–Kier alpha value is -3.03. The number of nitrogens with one attached hydrogen (secondary N) is 2. The normalized spacial score (nSPS) is 18.5. The average molecular weight is 481 g/mol. The number of amides is 2. The lowest BCUT2D eigenvalue weighted by Gasteiger charge is -2.25. The first kappa shape index (κ1) is 26.6. The minimum Gasteiger partial charge on any atom is -0.393 e. The number of epoxide rings is 1. The fourth-order valence-electron chi connectivity index (χ4n) is 4.08. The van der Waals surface area contributed by atoms with Crippen LogP contribution in [-0.4, -0.2) is 53.6 Å². The molecular weight excluding hydrogens is 444 g/mol. The van der Waals surface area contributed by atoms with Crippen LogP contribution in [0.2, 0.25) is 0 Å². The first-order valence-electron chi connectivity index (χ1n) is 12.4. The van der Waals surface area contributed by atoms with E-state index in [0.29, 0.717) is 18.4 Å². The van der Waals surface area contributed by atoms with Gasteiger partial charge in [0.2, 0.25) is 5.91 Å². The Morgan fingerprint density at radius 1 is 1.00 bits per heavy atom. The molecule has 0 radical (unpaired) electrons. The topological polar surface area (TPSA) is 108 Å². The zero-order valence-electron chi connectivity index (χ0n) is 20.8. The van der Waals surface area contributed by atoms with Crippen molar-refractivity contribution in [1.82, 2.24) is 10.6 Å². The predicted octanol–water partition coefficient (Wildman–Crippen LogP) is 3.50. The largest absolute Gasteiger partial charge is 0.393 e. The number of unbranched alkanes of at least 4 members (excludes halogenated alkanes) is 1. The van der Waals surface area contributed by atoms with E-state index in [1.807, 2.05) is 63.2 Å². The number of carbonyl (C=O) groups excluding carboxylic acids is 3. The molecular formula is C28H36N2O5. The third-order valence-corrected chi connectivity index (χ3v) is 6.24. The highest BCUT2D eigenvalue weighted by Gasteiger charge is 2.54. The number of ether oxygens (including phenoxy) is 1. The zero-order valence-corrected chi connectivity index (χ0v) is 20.8. The Balaban J connectivity index is 1.74. The molecule has 0 bridgehead atoms. The molecule has 0 saturated carbocycles. The number of Topliss-reactive ketones (excluding diaryl/α,β-unsaturated/α-hetero) is 1. The highest BCUT2D eigenvalue weighted by Crippen LogP contribution is 2.30. The lowest BCUT2D eigenvalue weighted by Crippen LogP contribution is -2.54. The molecule has 0 aliphatic carbocycles. The Morgan fingerprint density at radius 3 is 2.29 bits per heavy atom. The van der Waals surface area contributed by atoms with Crippen molar-refractivity contribution in [3.05, 3.63) is 60.2 Å². The van der Waals surface area contributed by atoms with Gasteiger partial charge in [0.05, 0.1) is 19.3 Å². The van der Waals surface area contributed by atoms with Gasteiger partial charge in [0.15, 0.2) is 11.4 Å². The number of ketones is 1. The van der Waals surface area contributed by atoms with Gasteiger partial charge in [-0.2, -0.15) is 0 Å². The minimum absolute atomic E-state index is 0.142. The van der Waals surface area contributed by atoms with Crippen LogP contribution < -0.4 is 10.6 Å². The second kappa shape index (κ2) is 12.1. The maximum absolute atomic E-state index is 13.3. The molecule has 3 atom stereocenters. The molecule has 188 valence electrons. The van der Waals surface area contributed by atoms with Gasteiger partial charge >= 0.3 is 0 Å².